The molecule has 0 bridgehead atoms. The lowest BCUT2D eigenvalue weighted by Crippen LogP contribution is -2.45. The van der Waals surface area contributed by atoms with Crippen LogP contribution in [0.3, 0.4) is 0 Å². The van der Waals surface area contributed by atoms with Gasteiger partial charge in [-0.3, -0.25) is 9.36 Å². The van der Waals surface area contributed by atoms with E-state index in [1.165, 1.54) is 46.7 Å². The molecule has 2 saturated heterocycles. The number of hydrogen-bond donors (Lipinski definition) is 0. The SMILES string of the molecule is O=C(CCn1c(=O)oc2cc(S(=O)(=O)N3CCCC3)ccc21)N1CC[C@@H]2CCCC[C@@H]2C1. The smallest absolute Gasteiger partial charge is 0.408 e. The van der Waals surface area contributed by atoms with Crippen molar-refractivity contribution in [2.24, 2.45) is 11.8 Å². The zero-order valence-electron chi connectivity index (χ0n) is 18.4. The Labute approximate surface area is 188 Å². The summed E-state index contributed by atoms with van der Waals surface area (Å²) in [6, 6.07) is 4.56. The van der Waals surface area contributed by atoms with Crippen molar-refractivity contribution in [2.45, 2.75) is 62.8 Å². The Morgan fingerprint density at radius 3 is 2.53 bits per heavy atom. The van der Waals surface area contributed by atoms with E-state index in [4.69, 9.17) is 4.42 Å². The number of rotatable bonds is 5. The zero-order valence-corrected chi connectivity index (χ0v) is 19.2. The third kappa shape index (κ3) is 4.01. The van der Waals surface area contributed by atoms with Gasteiger partial charge >= 0.3 is 5.76 Å². The third-order valence-corrected chi connectivity index (χ3v) is 9.43. The summed E-state index contributed by atoms with van der Waals surface area (Å²) in [5, 5.41) is 0. The number of nitrogens with zero attached hydrogens (tertiary/aromatic N) is 3. The van der Waals surface area contributed by atoms with Gasteiger partial charge in [0.15, 0.2) is 5.58 Å². The Bertz CT molecular complexity index is 1160. The van der Waals surface area contributed by atoms with Gasteiger partial charge in [0.25, 0.3) is 0 Å². The van der Waals surface area contributed by atoms with Crippen LogP contribution in [-0.2, 0) is 21.4 Å². The normalized spacial score (nSPS) is 24.7. The van der Waals surface area contributed by atoms with E-state index >= 15 is 0 Å². The summed E-state index contributed by atoms with van der Waals surface area (Å²) in [5.74, 6) is 0.896. The third-order valence-electron chi connectivity index (χ3n) is 7.54. The number of piperidine rings is 1. The molecule has 8 nitrogen and oxygen atoms in total. The van der Waals surface area contributed by atoms with Crippen LogP contribution in [0.2, 0.25) is 0 Å². The van der Waals surface area contributed by atoms with Gasteiger partial charge in [0.1, 0.15) is 0 Å². The molecule has 0 unspecified atom stereocenters. The lowest BCUT2D eigenvalue weighted by atomic mass is 9.75. The van der Waals surface area contributed by atoms with Gasteiger partial charge in [0.05, 0.1) is 10.4 Å². The van der Waals surface area contributed by atoms with Crippen LogP contribution in [0.5, 0.6) is 0 Å². The summed E-state index contributed by atoms with van der Waals surface area (Å²) in [4.78, 5) is 27.4. The molecule has 3 fully saturated rings. The Balaban J connectivity index is 1.29. The minimum absolute atomic E-state index is 0.0727. The molecule has 2 aliphatic heterocycles. The molecule has 32 heavy (non-hydrogen) atoms. The summed E-state index contributed by atoms with van der Waals surface area (Å²) >= 11 is 0. The first-order chi connectivity index (χ1) is 15.4. The van der Waals surface area contributed by atoms with Crippen LogP contribution in [0.1, 0.15) is 51.4 Å². The highest BCUT2D eigenvalue weighted by Gasteiger charge is 2.33. The van der Waals surface area contributed by atoms with Gasteiger partial charge in [0.2, 0.25) is 15.9 Å². The first kappa shape index (κ1) is 21.7. The van der Waals surface area contributed by atoms with Crippen molar-refractivity contribution in [3.63, 3.8) is 0 Å². The van der Waals surface area contributed by atoms with Crippen molar-refractivity contribution >= 4 is 27.0 Å². The molecule has 2 atom stereocenters. The predicted octanol–water partition coefficient (Wildman–Crippen LogP) is 2.81. The lowest BCUT2D eigenvalue weighted by Gasteiger charge is -2.41. The number of fused-ring (bicyclic) bond motifs is 2. The Kier molecular flexibility index (Phi) is 5.88. The van der Waals surface area contributed by atoms with Gasteiger partial charge in [-0.05, 0) is 49.7 Å². The number of hydrogen-bond acceptors (Lipinski definition) is 5. The van der Waals surface area contributed by atoms with Crippen LogP contribution in [0.25, 0.3) is 11.1 Å². The lowest BCUT2D eigenvalue weighted by molar-refractivity contribution is -0.134. The molecule has 3 aliphatic rings. The molecule has 2 aromatic rings. The number of aromatic nitrogens is 1. The average molecular weight is 462 g/mol. The quantitative estimate of drug-likeness (QED) is 0.683. The molecular weight excluding hydrogens is 430 g/mol. The highest BCUT2D eigenvalue weighted by Crippen LogP contribution is 2.36. The van der Waals surface area contributed by atoms with E-state index in [0.717, 1.165) is 38.3 Å². The Morgan fingerprint density at radius 2 is 1.75 bits per heavy atom. The predicted molar refractivity (Wildman–Crippen MR) is 120 cm³/mol. The van der Waals surface area contributed by atoms with Gasteiger partial charge in [0, 0.05) is 45.2 Å². The van der Waals surface area contributed by atoms with E-state index < -0.39 is 15.8 Å². The number of likely N-dealkylation sites (tertiary alicyclic amines) is 1. The van der Waals surface area contributed by atoms with E-state index in [-0.39, 0.29) is 29.4 Å². The molecule has 9 heteroatoms. The van der Waals surface area contributed by atoms with Crippen molar-refractivity contribution in [2.75, 3.05) is 26.2 Å². The molecule has 1 amide bonds. The average Bonchev–Trinajstić information content (AvgIpc) is 3.45. The number of carbonyl (C=O) groups excluding carboxylic acids is 1. The number of oxazole rings is 1. The molecule has 1 saturated carbocycles. The maximum Gasteiger partial charge on any atom is 0.419 e. The minimum atomic E-state index is -3.58. The zero-order chi connectivity index (χ0) is 22.3. The summed E-state index contributed by atoms with van der Waals surface area (Å²) in [6.45, 7) is 2.91. The monoisotopic (exact) mass is 461 g/mol. The standard InChI is InChI=1S/C23H31N3O5S/c27-22(24-13-9-17-5-1-2-6-18(17)16-24)10-14-26-20-8-7-19(15-21(20)31-23(26)28)32(29,30)25-11-3-4-12-25/h7-8,15,17-18H,1-6,9-14,16H2/t17-,18+/m0/s1. The van der Waals surface area contributed by atoms with E-state index in [9.17, 15) is 18.0 Å². The Hall–Kier alpha value is -2.13. The maximum atomic E-state index is 12.8. The summed E-state index contributed by atoms with van der Waals surface area (Å²) in [5.41, 5.74) is 0.764. The number of amides is 1. The Morgan fingerprint density at radius 1 is 1.00 bits per heavy atom. The molecule has 0 radical (unpaired) electrons. The van der Waals surface area contributed by atoms with Crippen molar-refractivity contribution < 1.29 is 17.6 Å². The number of benzene rings is 1. The fraction of sp³-hybridized carbons (Fsp3) is 0.652. The van der Waals surface area contributed by atoms with E-state index in [1.54, 1.807) is 6.07 Å². The van der Waals surface area contributed by atoms with Gasteiger partial charge in [-0.25, -0.2) is 13.2 Å². The van der Waals surface area contributed by atoms with Crippen molar-refractivity contribution in [1.29, 1.82) is 0 Å². The second-order valence-electron chi connectivity index (χ2n) is 9.44. The number of sulfonamides is 1. The largest absolute Gasteiger partial charge is 0.419 e. The maximum absolute atomic E-state index is 12.8. The molecule has 1 aromatic carbocycles. The fourth-order valence-electron chi connectivity index (χ4n) is 5.69. The fourth-order valence-corrected chi connectivity index (χ4v) is 7.22. The summed E-state index contributed by atoms with van der Waals surface area (Å²) < 4.78 is 33.9. The second-order valence-corrected chi connectivity index (χ2v) is 11.4. The highest BCUT2D eigenvalue weighted by molar-refractivity contribution is 7.89. The van der Waals surface area contributed by atoms with E-state index in [0.29, 0.717) is 24.5 Å². The van der Waals surface area contributed by atoms with Crippen LogP contribution >= 0.6 is 0 Å². The van der Waals surface area contributed by atoms with Crippen molar-refractivity contribution in [3.05, 3.63) is 28.7 Å². The highest BCUT2D eigenvalue weighted by atomic mass is 32.2. The molecular formula is C23H31N3O5S. The molecule has 0 N–H and O–H groups in total. The van der Waals surface area contributed by atoms with E-state index in [2.05, 4.69) is 0 Å². The van der Waals surface area contributed by atoms with Gasteiger partial charge < -0.3 is 9.32 Å². The second kappa shape index (κ2) is 8.67. The van der Waals surface area contributed by atoms with Crippen LogP contribution in [-0.4, -0.2) is 54.3 Å². The number of carbonyl (C=O) groups is 1. The van der Waals surface area contributed by atoms with Gasteiger partial charge in [-0.15, -0.1) is 0 Å². The first-order valence-corrected chi connectivity index (χ1v) is 13.3. The van der Waals surface area contributed by atoms with Crippen LogP contribution in [0, 0.1) is 11.8 Å². The molecule has 174 valence electrons. The van der Waals surface area contributed by atoms with Crippen molar-refractivity contribution in [3.8, 4) is 0 Å². The molecule has 1 aromatic heterocycles. The first-order valence-electron chi connectivity index (χ1n) is 11.8. The van der Waals surface area contributed by atoms with Gasteiger partial charge in [-0.1, -0.05) is 19.3 Å². The van der Waals surface area contributed by atoms with Crippen molar-refractivity contribution in [1.82, 2.24) is 13.8 Å². The number of aryl methyl sites for hydroxylation is 1. The summed E-state index contributed by atoms with van der Waals surface area (Å²) in [6.07, 6.45) is 8.11. The minimum Gasteiger partial charge on any atom is -0.408 e. The molecule has 3 heterocycles. The molecule has 0 spiro atoms. The molecule has 1 aliphatic carbocycles. The van der Waals surface area contributed by atoms with Crippen LogP contribution < -0.4 is 5.76 Å². The van der Waals surface area contributed by atoms with E-state index in [1.807, 2.05) is 4.90 Å². The van der Waals surface area contributed by atoms with Crippen LogP contribution in [0.4, 0.5) is 0 Å². The molecule has 5 rings (SSSR count). The van der Waals surface area contributed by atoms with Gasteiger partial charge in [-0.2, -0.15) is 4.31 Å². The summed E-state index contributed by atoms with van der Waals surface area (Å²) in [7, 11) is -3.58. The topological polar surface area (TPSA) is 92.8 Å². The van der Waals surface area contributed by atoms with Crippen LogP contribution in [0.15, 0.2) is 32.3 Å².